The summed E-state index contributed by atoms with van der Waals surface area (Å²) in [7, 11) is 1.70. The minimum atomic E-state index is -1.10. The average molecular weight is 449 g/mol. The number of carbonyl (C=O) groups is 3. The second-order valence-electron chi connectivity index (χ2n) is 8.93. The summed E-state index contributed by atoms with van der Waals surface area (Å²) in [6.07, 6.45) is 0.300. The maximum absolute atomic E-state index is 12.7. The van der Waals surface area contributed by atoms with Crippen molar-refractivity contribution in [3.05, 3.63) is 46.2 Å². The van der Waals surface area contributed by atoms with Crippen LogP contribution in [0.15, 0.2) is 24.3 Å². The maximum atomic E-state index is 12.7. The number of aryl methyl sites for hydroxylation is 1. The van der Waals surface area contributed by atoms with E-state index in [1.54, 1.807) is 13.1 Å². The third-order valence-corrected chi connectivity index (χ3v) is 4.98. The molecule has 1 heterocycles. The number of carbonyl (C=O) groups excluding carboxylic acids is 2. The molecular weight excluding hydrogens is 420 g/mol. The van der Waals surface area contributed by atoms with E-state index < -0.39 is 17.9 Å². The number of carboxylic acids is 1. The van der Waals surface area contributed by atoms with E-state index in [-0.39, 0.29) is 27.8 Å². The van der Waals surface area contributed by atoms with Gasteiger partial charge in [-0.1, -0.05) is 46.2 Å². The number of hydrogen-bond acceptors (Lipinski definition) is 4. The van der Waals surface area contributed by atoms with Gasteiger partial charge in [-0.2, -0.15) is 5.10 Å². The fourth-order valence-electron chi connectivity index (χ4n) is 2.95. The molecule has 2 amide bonds. The Hall–Kier alpha value is -2.87. The van der Waals surface area contributed by atoms with Crippen molar-refractivity contribution in [3.63, 3.8) is 0 Å². The molecule has 2 rings (SSSR count). The monoisotopic (exact) mass is 448 g/mol. The van der Waals surface area contributed by atoms with Crippen molar-refractivity contribution in [1.29, 1.82) is 0 Å². The van der Waals surface area contributed by atoms with Crippen LogP contribution in [0.4, 0.5) is 5.69 Å². The van der Waals surface area contributed by atoms with Gasteiger partial charge in [0.2, 0.25) is 0 Å². The van der Waals surface area contributed by atoms with Gasteiger partial charge in [-0.25, -0.2) is 4.79 Å². The van der Waals surface area contributed by atoms with E-state index in [0.29, 0.717) is 17.8 Å². The van der Waals surface area contributed by atoms with Crippen LogP contribution in [0.3, 0.4) is 0 Å². The molecule has 1 aromatic heterocycles. The fraction of sp³-hybridized carbons (Fsp3) is 0.455. The predicted octanol–water partition coefficient (Wildman–Crippen LogP) is 3.85. The summed E-state index contributed by atoms with van der Waals surface area (Å²) in [6, 6.07) is 5.17. The number of hydrogen-bond donors (Lipinski definition) is 3. The first-order chi connectivity index (χ1) is 14.3. The number of carboxylic acid groups (broad SMARTS) is 1. The Morgan fingerprint density at radius 3 is 2.29 bits per heavy atom. The molecule has 9 heteroatoms. The number of benzene rings is 1. The molecule has 2 aromatic rings. The summed E-state index contributed by atoms with van der Waals surface area (Å²) in [6.45, 7) is 9.78. The van der Waals surface area contributed by atoms with E-state index in [2.05, 4.69) is 15.7 Å². The van der Waals surface area contributed by atoms with Crippen LogP contribution in [0.1, 0.15) is 67.6 Å². The quantitative estimate of drug-likeness (QED) is 0.595. The van der Waals surface area contributed by atoms with Gasteiger partial charge in [0.25, 0.3) is 11.8 Å². The van der Waals surface area contributed by atoms with E-state index in [4.69, 9.17) is 11.6 Å². The van der Waals surface area contributed by atoms with Gasteiger partial charge in [0.15, 0.2) is 0 Å². The topological polar surface area (TPSA) is 113 Å². The maximum Gasteiger partial charge on any atom is 0.326 e. The Morgan fingerprint density at radius 1 is 1.16 bits per heavy atom. The summed E-state index contributed by atoms with van der Waals surface area (Å²) in [5, 5.41) is 19.0. The summed E-state index contributed by atoms with van der Waals surface area (Å²) in [5.41, 5.74) is 1.52. The second-order valence-corrected chi connectivity index (χ2v) is 9.34. The first kappa shape index (κ1) is 24.4. The molecule has 0 saturated carbocycles. The van der Waals surface area contributed by atoms with E-state index in [1.807, 2.05) is 34.6 Å². The van der Waals surface area contributed by atoms with Crippen molar-refractivity contribution >= 4 is 35.1 Å². The Balaban J connectivity index is 2.15. The summed E-state index contributed by atoms with van der Waals surface area (Å²) in [4.78, 5) is 36.6. The van der Waals surface area contributed by atoms with Gasteiger partial charge >= 0.3 is 5.97 Å². The molecule has 1 unspecified atom stereocenters. The van der Waals surface area contributed by atoms with Gasteiger partial charge in [0.1, 0.15) is 11.7 Å². The van der Waals surface area contributed by atoms with E-state index in [9.17, 15) is 19.5 Å². The zero-order valence-corrected chi connectivity index (χ0v) is 19.4. The summed E-state index contributed by atoms with van der Waals surface area (Å²) < 4.78 is 1.51. The minimum Gasteiger partial charge on any atom is -0.480 e. The molecule has 3 N–H and O–H groups in total. The third kappa shape index (κ3) is 6.30. The normalized spacial score (nSPS) is 12.5. The number of anilines is 1. The molecule has 1 aromatic carbocycles. The smallest absolute Gasteiger partial charge is 0.326 e. The van der Waals surface area contributed by atoms with Gasteiger partial charge in [0, 0.05) is 18.2 Å². The van der Waals surface area contributed by atoms with E-state index in [1.165, 1.54) is 22.9 Å². The van der Waals surface area contributed by atoms with Crippen LogP contribution >= 0.6 is 11.6 Å². The number of halogens is 1. The lowest BCUT2D eigenvalue weighted by Crippen LogP contribution is -2.41. The van der Waals surface area contributed by atoms with Gasteiger partial charge in [-0.15, -0.1) is 0 Å². The number of amides is 2. The summed E-state index contributed by atoms with van der Waals surface area (Å²) >= 11 is 6.24. The number of nitrogens with zero attached hydrogens (tertiary/aromatic N) is 2. The predicted molar refractivity (Wildman–Crippen MR) is 120 cm³/mol. The first-order valence-corrected chi connectivity index (χ1v) is 10.4. The third-order valence-electron chi connectivity index (χ3n) is 4.66. The van der Waals surface area contributed by atoms with Crippen molar-refractivity contribution in [1.82, 2.24) is 15.1 Å². The molecule has 0 fully saturated rings. The van der Waals surface area contributed by atoms with Gasteiger partial charge in [0.05, 0.1) is 16.3 Å². The van der Waals surface area contributed by atoms with Crippen molar-refractivity contribution in [2.24, 2.45) is 13.0 Å². The highest BCUT2D eigenvalue weighted by molar-refractivity contribution is 6.34. The molecular formula is C22H29ClN4O4. The molecule has 168 valence electrons. The SMILES string of the molecule is CC(C)CC(NC(=O)c1ccc(NC(=O)c2cc(C(C)(C)C)nn2C)cc1Cl)C(=O)O. The van der Waals surface area contributed by atoms with Crippen LogP contribution in [0.25, 0.3) is 0 Å². The summed E-state index contributed by atoms with van der Waals surface area (Å²) in [5.74, 6) is -1.95. The molecule has 0 bridgehead atoms. The molecule has 0 radical (unpaired) electrons. The molecule has 0 saturated heterocycles. The van der Waals surface area contributed by atoms with Gasteiger partial charge in [-0.3, -0.25) is 14.3 Å². The lowest BCUT2D eigenvalue weighted by atomic mass is 9.92. The van der Waals surface area contributed by atoms with Crippen LogP contribution in [-0.2, 0) is 17.3 Å². The number of aromatic nitrogens is 2. The Labute approximate surface area is 187 Å². The average Bonchev–Trinajstić information content (AvgIpc) is 3.03. The molecule has 0 aliphatic carbocycles. The van der Waals surface area contributed by atoms with Crippen molar-refractivity contribution in [2.75, 3.05) is 5.32 Å². The molecule has 8 nitrogen and oxygen atoms in total. The highest BCUT2D eigenvalue weighted by Crippen LogP contribution is 2.24. The zero-order valence-electron chi connectivity index (χ0n) is 18.6. The van der Waals surface area contributed by atoms with Crippen LogP contribution < -0.4 is 10.6 Å². The van der Waals surface area contributed by atoms with Crippen molar-refractivity contribution < 1.29 is 19.5 Å². The van der Waals surface area contributed by atoms with Gasteiger partial charge < -0.3 is 15.7 Å². The van der Waals surface area contributed by atoms with Crippen LogP contribution in [0.2, 0.25) is 5.02 Å². The molecule has 31 heavy (non-hydrogen) atoms. The Morgan fingerprint density at radius 2 is 1.81 bits per heavy atom. The highest BCUT2D eigenvalue weighted by atomic mass is 35.5. The van der Waals surface area contributed by atoms with Crippen LogP contribution in [0, 0.1) is 5.92 Å². The first-order valence-electron chi connectivity index (χ1n) is 9.98. The second kappa shape index (κ2) is 9.51. The largest absolute Gasteiger partial charge is 0.480 e. The van der Waals surface area contributed by atoms with Crippen LogP contribution in [0.5, 0.6) is 0 Å². The molecule has 0 aliphatic heterocycles. The van der Waals surface area contributed by atoms with E-state index in [0.717, 1.165) is 5.69 Å². The Kier molecular flexibility index (Phi) is 7.49. The molecule has 1 atom stereocenters. The minimum absolute atomic E-state index is 0.0975. The number of nitrogens with one attached hydrogen (secondary N) is 2. The van der Waals surface area contributed by atoms with Crippen molar-refractivity contribution in [3.8, 4) is 0 Å². The zero-order chi connectivity index (χ0) is 23.5. The number of rotatable bonds is 7. The fourth-order valence-corrected chi connectivity index (χ4v) is 3.21. The van der Waals surface area contributed by atoms with Gasteiger partial charge in [-0.05, 0) is 36.6 Å². The van der Waals surface area contributed by atoms with Crippen LogP contribution in [-0.4, -0.2) is 38.7 Å². The number of aliphatic carboxylic acids is 1. The standard InChI is InChI=1S/C22H29ClN4O4/c1-12(2)9-16(21(30)31)25-19(28)14-8-7-13(10-15(14)23)24-20(29)17-11-18(22(3,4)5)26-27(17)6/h7-8,10-12,16H,9H2,1-6H3,(H,24,29)(H,25,28)(H,30,31). The van der Waals surface area contributed by atoms with E-state index >= 15 is 0 Å². The lowest BCUT2D eigenvalue weighted by molar-refractivity contribution is -0.139. The highest BCUT2D eigenvalue weighted by Gasteiger charge is 2.24. The van der Waals surface area contributed by atoms with Crippen molar-refractivity contribution in [2.45, 2.75) is 52.5 Å². The molecule has 0 spiro atoms. The lowest BCUT2D eigenvalue weighted by Gasteiger charge is -2.17. The Bertz CT molecular complexity index is 992. The molecule has 0 aliphatic rings.